The lowest BCUT2D eigenvalue weighted by atomic mass is 9.76. The Balaban J connectivity index is 1.85. The molecule has 0 bridgehead atoms. The molecule has 0 spiro atoms. The standard InChI is InChI=1S/C22H24N2O4S/c1-3-24-19(25)16-17(20(24)26)22(21(27)28-4-2,13-14-9-6-5-7-10-14)23-18(16)15-11-8-12-29-15/h5-12,16-18,23H,3-4,13H2,1-2H3/p+1/t16-,17-,18+,22+/m0/s1. The van der Waals surface area contributed by atoms with E-state index in [9.17, 15) is 14.4 Å². The summed E-state index contributed by atoms with van der Waals surface area (Å²) in [5.41, 5.74) is -0.217. The van der Waals surface area contributed by atoms with E-state index in [1.165, 1.54) is 4.90 Å². The van der Waals surface area contributed by atoms with Crippen molar-refractivity contribution in [3.63, 3.8) is 0 Å². The van der Waals surface area contributed by atoms with Crippen molar-refractivity contribution in [2.75, 3.05) is 13.2 Å². The molecule has 0 aliphatic carbocycles. The van der Waals surface area contributed by atoms with Crippen molar-refractivity contribution in [2.24, 2.45) is 11.8 Å². The van der Waals surface area contributed by atoms with Crippen LogP contribution in [0.3, 0.4) is 0 Å². The molecule has 2 fully saturated rings. The van der Waals surface area contributed by atoms with E-state index >= 15 is 0 Å². The highest BCUT2D eigenvalue weighted by Gasteiger charge is 2.72. The zero-order chi connectivity index (χ0) is 20.6. The van der Waals surface area contributed by atoms with Gasteiger partial charge in [-0.25, -0.2) is 4.79 Å². The molecule has 4 atom stereocenters. The molecule has 0 unspecified atom stereocenters. The number of ether oxygens (including phenoxy) is 1. The second-order valence-corrected chi connectivity index (χ2v) is 8.53. The van der Waals surface area contributed by atoms with E-state index in [-0.39, 0.29) is 24.5 Å². The van der Waals surface area contributed by atoms with Gasteiger partial charge in [0.25, 0.3) is 0 Å². The summed E-state index contributed by atoms with van der Waals surface area (Å²) >= 11 is 1.55. The van der Waals surface area contributed by atoms with Crippen LogP contribution in [0.2, 0.25) is 0 Å². The zero-order valence-corrected chi connectivity index (χ0v) is 17.4. The summed E-state index contributed by atoms with van der Waals surface area (Å²) in [5.74, 6) is -2.16. The number of esters is 1. The van der Waals surface area contributed by atoms with Gasteiger partial charge in [0, 0.05) is 13.0 Å². The first-order valence-corrected chi connectivity index (χ1v) is 10.9. The predicted molar refractivity (Wildman–Crippen MR) is 108 cm³/mol. The van der Waals surface area contributed by atoms with Crippen LogP contribution in [0, 0.1) is 11.8 Å². The third-order valence-electron chi connectivity index (χ3n) is 6.04. The highest BCUT2D eigenvalue weighted by molar-refractivity contribution is 7.10. The quantitative estimate of drug-likeness (QED) is 0.575. The van der Waals surface area contributed by atoms with Gasteiger partial charge in [-0.2, -0.15) is 0 Å². The summed E-state index contributed by atoms with van der Waals surface area (Å²) in [6.07, 6.45) is 0.340. The molecule has 6 nitrogen and oxygen atoms in total. The van der Waals surface area contributed by atoms with Gasteiger partial charge < -0.3 is 10.1 Å². The van der Waals surface area contributed by atoms with Crippen molar-refractivity contribution in [1.82, 2.24) is 4.90 Å². The molecule has 0 radical (unpaired) electrons. The molecular formula is C22H25N2O4S+. The SMILES string of the molecule is CCOC(=O)[C@]1(Cc2ccccc2)[NH2+][C@H](c2cccs2)[C@H]2C(=O)N(CC)C(=O)[C@H]21. The van der Waals surface area contributed by atoms with Crippen LogP contribution in [-0.4, -0.2) is 41.4 Å². The van der Waals surface area contributed by atoms with Crippen molar-refractivity contribution in [3.05, 3.63) is 58.3 Å². The van der Waals surface area contributed by atoms with Gasteiger partial charge in [-0.15, -0.1) is 11.3 Å². The molecular weight excluding hydrogens is 388 g/mol. The fourth-order valence-corrected chi connectivity index (χ4v) is 5.71. The summed E-state index contributed by atoms with van der Waals surface area (Å²) in [4.78, 5) is 42.2. The zero-order valence-electron chi connectivity index (χ0n) is 16.5. The average molecular weight is 414 g/mol. The van der Waals surface area contributed by atoms with Gasteiger partial charge in [-0.3, -0.25) is 14.5 Å². The predicted octanol–water partition coefficient (Wildman–Crippen LogP) is 1.53. The van der Waals surface area contributed by atoms with Gasteiger partial charge in [0.15, 0.2) is 0 Å². The molecule has 3 heterocycles. The number of hydrogen-bond donors (Lipinski definition) is 1. The van der Waals surface area contributed by atoms with Crippen LogP contribution in [0.4, 0.5) is 0 Å². The smallest absolute Gasteiger partial charge is 0.369 e. The summed E-state index contributed by atoms with van der Waals surface area (Å²) in [7, 11) is 0. The van der Waals surface area contributed by atoms with E-state index < -0.39 is 23.3 Å². The largest absolute Gasteiger partial charge is 0.461 e. The van der Waals surface area contributed by atoms with Crippen molar-refractivity contribution in [1.29, 1.82) is 0 Å². The maximum absolute atomic E-state index is 13.3. The maximum Gasteiger partial charge on any atom is 0.369 e. The number of fused-ring (bicyclic) bond motifs is 1. The van der Waals surface area contributed by atoms with Crippen molar-refractivity contribution in [2.45, 2.75) is 31.8 Å². The Morgan fingerprint density at radius 3 is 2.52 bits per heavy atom. The Morgan fingerprint density at radius 2 is 1.90 bits per heavy atom. The van der Waals surface area contributed by atoms with E-state index in [2.05, 4.69) is 0 Å². The minimum Gasteiger partial charge on any atom is -0.461 e. The van der Waals surface area contributed by atoms with Gasteiger partial charge in [0.1, 0.15) is 17.9 Å². The molecule has 2 aliphatic rings. The van der Waals surface area contributed by atoms with E-state index in [4.69, 9.17) is 4.74 Å². The number of rotatable bonds is 6. The van der Waals surface area contributed by atoms with Gasteiger partial charge in [-0.1, -0.05) is 36.4 Å². The number of nitrogens with zero attached hydrogens (tertiary/aromatic N) is 1. The van der Waals surface area contributed by atoms with Crippen LogP contribution in [0.1, 0.15) is 30.3 Å². The molecule has 2 saturated heterocycles. The lowest BCUT2D eigenvalue weighted by Crippen LogP contribution is -2.98. The number of carbonyl (C=O) groups is 3. The minimum atomic E-state index is -1.16. The van der Waals surface area contributed by atoms with Crippen LogP contribution < -0.4 is 5.32 Å². The molecule has 0 saturated carbocycles. The Bertz CT molecular complexity index is 914. The topological polar surface area (TPSA) is 80.3 Å². The number of nitrogens with two attached hydrogens (primary N) is 1. The van der Waals surface area contributed by atoms with Crippen LogP contribution in [0.5, 0.6) is 0 Å². The van der Waals surface area contributed by atoms with E-state index in [0.717, 1.165) is 10.4 Å². The number of likely N-dealkylation sites (tertiary alicyclic amines) is 1. The first-order valence-electron chi connectivity index (χ1n) is 9.99. The molecule has 7 heteroatoms. The highest BCUT2D eigenvalue weighted by atomic mass is 32.1. The number of benzene rings is 1. The van der Waals surface area contributed by atoms with Crippen LogP contribution in [-0.2, 0) is 25.5 Å². The van der Waals surface area contributed by atoms with Gasteiger partial charge in [-0.05, 0) is 30.9 Å². The fourth-order valence-electron chi connectivity index (χ4n) is 4.87. The second kappa shape index (κ2) is 7.72. The normalized spacial score (nSPS) is 28.6. The Kier molecular flexibility index (Phi) is 5.27. The number of quaternary nitrogens is 1. The van der Waals surface area contributed by atoms with E-state index in [1.807, 2.05) is 53.2 Å². The molecule has 2 amide bonds. The number of thiophene rings is 1. The molecule has 2 N–H and O–H groups in total. The molecule has 1 aromatic carbocycles. The fraction of sp³-hybridized carbons (Fsp3) is 0.409. The average Bonchev–Trinajstić information content (AvgIpc) is 3.41. The molecule has 4 rings (SSSR count). The lowest BCUT2D eigenvalue weighted by molar-refractivity contribution is -0.733. The van der Waals surface area contributed by atoms with E-state index in [1.54, 1.807) is 25.2 Å². The van der Waals surface area contributed by atoms with Crippen molar-refractivity contribution in [3.8, 4) is 0 Å². The molecule has 29 heavy (non-hydrogen) atoms. The van der Waals surface area contributed by atoms with E-state index in [0.29, 0.717) is 13.0 Å². The minimum absolute atomic E-state index is 0.184. The van der Waals surface area contributed by atoms with Gasteiger partial charge >= 0.3 is 5.97 Å². The maximum atomic E-state index is 13.3. The molecule has 2 aliphatic heterocycles. The molecule has 152 valence electrons. The third kappa shape index (κ3) is 3.09. The molecule has 2 aromatic rings. The second-order valence-electron chi connectivity index (χ2n) is 7.56. The van der Waals surface area contributed by atoms with Gasteiger partial charge in [0.05, 0.1) is 11.5 Å². The molecule has 1 aromatic heterocycles. The lowest BCUT2D eigenvalue weighted by Gasteiger charge is -2.29. The summed E-state index contributed by atoms with van der Waals surface area (Å²) in [5, 5.41) is 3.89. The number of amides is 2. The first-order chi connectivity index (χ1) is 14.0. The van der Waals surface area contributed by atoms with Crippen LogP contribution in [0.25, 0.3) is 0 Å². The van der Waals surface area contributed by atoms with Crippen LogP contribution >= 0.6 is 11.3 Å². The van der Waals surface area contributed by atoms with Crippen molar-refractivity contribution >= 4 is 29.1 Å². The highest BCUT2D eigenvalue weighted by Crippen LogP contribution is 2.46. The Hall–Kier alpha value is -2.51. The third-order valence-corrected chi connectivity index (χ3v) is 7.02. The van der Waals surface area contributed by atoms with Crippen LogP contribution in [0.15, 0.2) is 47.8 Å². The summed E-state index contributed by atoms with van der Waals surface area (Å²) in [6.45, 7) is 4.09. The number of hydrogen-bond acceptors (Lipinski definition) is 5. The van der Waals surface area contributed by atoms with Crippen molar-refractivity contribution < 1.29 is 24.4 Å². The number of imide groups is 1. The van der Waals surface area contributed by atoms with Gasteiger partial charge in [0.2, 0.25) is 17.4 Å². The Morgan fingerprint density at radius 1 is 1.14 bits per heavy atom. The summed E-state index contributed by atoms with van der Waals surface area (Å²) in [6, 6.07) is 13.3. The Labute approximate surface area is 173 Å². The first kappa shape index (κ1) is 19.8. The summed E-state index contributed by atoms with van der Waals surface area (Å²) < 4.78 is 5.48. The monoisotopic (exact) mass is 413 g/mol. The number of carbonyl (C=O) groups excluding carboxylic acids is 3.